The summed E-state index contributed by atoms with van der Waals surface area (Å²) in [5.74, 6) is -2.34. The maximum absolute atomic E-state index is 13.7. The lowest BCUT2D eigenvalue weighted by Gasteiger charge is -2.48. The predicted molar refractivity (Wildman–Crippen MR) is 164 cm³/mol. The largest absolute Gasteiger partial charge is 0.480 e. The number of rotatable bonds is 12. The Labute approximate surface area is 271 Å². The van der Waals surface area contributed by atoms with Crippen molar-refractivity contribution < 1.29 is 51.2 Å². The molecule has 0 spiro atoms. The van der Waals surface area contributed by atoms with Crippen LogP contribution in [0.2, 0.25) is 0 Å². The number of carbonyl (C=O) groups is 3. The molecule has 0 aromatic heterocycles. The highest BCUT2D eigenvalue weighted by molar-refractivity contribution is 7.89. The van der Waals surface area contributed by atoms with Gasteiger partial charge >= 0.3 is 18.0 Å². The zero-order valence-electron chi connectivity index (χ0n) is 25.5. The third-order valence-electron chi connectivity index (χ3n) is 7.97. The number of aliphatic carboxylic acids is 1. The molecule has 0 bridgehead atoms. The molecule has 12 nitrogen and oxygen atoms in total. The molecule has 3 aromatic carbocycles. The summed E-state index contributed by atoms with van der Waals surface area (Å²) in [6.45, 7) is 2.15. The first-order chi connectivity index (χ1) is 22.4. The number of hydrogen-bond donors (Lipinski definition) is 2. The Morgan fingerprint density at radius 3 is 2.34 bits per heavy atom. The molecule has 1 amide bonds. The van der Waals surface area contributed by atoms with Crippen LogP contribution in [0, 0.1) is 11.7 Å². The number of nitrogens with one attached hydrogen (secondary N) is 1. The summed E-state index contributed by atoms with van der Waals surface area (Å²) >= 11 is 0. The Balaban J connectivity index is 1.23. The highest BCUT2D eigenvalue weighted by atomic mass is 32.2. The van der Waals surface area contributed by atoms with Gasteiger partial charge in [0, 0.05) is 26.6 Å². The number of alkyl carbamates (subject to hydrolysis) is 1. The Morgan fingerprint density at radius 2 is 1.68 bits per heavy atom. The predicted octanol–water partition coefficient (Wildman–Crippen LogP) is 3.84. The lowest BCUT2D eigenvalue weighted by Crippen LogP contribution is -2.64. The second-order valence-electron chi connectivity index (χ2n) is 11.4. The van der Waals surface area contributed by atoms with Crippen LogP contribution >= 0.6 is 0 Å². The molecule has 5 rings (SSSR count). The van der Waals surface area contributed by atoms with Gasteiger partial charge in [0.05, 0.1) is 23.9 Å². The third-order valence-corrected chi connectivity index (χ3v) is 9.75. The highest BCUT2D eigenvalue weighted by Crippen LogP contribution is 2.40. The van der Waals surface area contributed by atoms with Gasteiger partial charge in [0.25, 0.3) is 0 Å². The average molecular weight is 671 g/mol. The molecule has 2 N–H and O–H groups in total. The van der Waals surface area contributed by atoms with E-state index in [1.165, 1.54) is 53.7 Å². The summed E-state index contributed by atoms with van der Waals surface area (Å²) < 4.78 is 63.8. The number of sulfonamides is 1. The maximum Gasteiger partial charge on any atom is 0.410 e. The van der Waals surface area contributed by atoms with E-state index in [4.69, 9.17) is 18.9 Å². The molecule has 2 saturated heterocycles. The van der Waals surface area contributed by atoms with Crippen LogP contribution in [0.5, 0.6) is 5.75 Å². The summed E-state index contributed by atoms with van der Waals surface area (Å²) in [5, 5.41) is 12.0. The quantitative estimate of drug-likeness (QED) is 0.214. The van der Waals surface area contributed by atoms with E-state index in [1.54, 1.807) is 6.07 Å². The van der Waals surface area contributed by atoms with Gasteiger partial charge < -0.3 is 29.4 Å². The van der Waals surface area contributed by atoms with Crippen molar-refractivity contribution in [2.45, 2.75) is 49.0 Å². The van der Waals surface area contributed by atoms with Crippen LogP contribution in [0.4, 0.5) is 9.18 Å². The van der Waals surface area contributed by atoms with E-state index in [0.717, 1.165) is 5.56 Å². The van der Waals surface area contributed by atoms with E-state index in [9.17, 15) is 32.3 Å². The fourth-order valence-corrected chi connectivity index (χ4v) is 7.04. The first-order valence-corrected chi connectivity index (χ1v) is 16.5. The Hall–Kier alpha value is -4.53. The molecular formula is C33H35FN2O10S. The topological polar surface area (TPSA) is 158 Å². The molecule has 2 aliphatic rings. The molecule has 3 aromatic rings. The van der Waals surface area contributed by atoms with Crippen molar-refractivity contribution in [3.05, 3.63) is 95.8 Å². The fourth-order valence-electron chi connectivity index (χ4n) is 5.43. The fraction of sp³-hybridized carbons (Fsp3) is 0.364. The van der Waals surface area contributed by atoms with Crippen LogP contribution in [-0.4, -0.2) is 74.5 Å². The van der Waals surface area contributed by atoms with Crippen molar-refractivity contribution in [3.8, 4) is 5.75 Å². The lowest BCUT2D eigenvalue weighted by atomic mass is 9.87. The van der Waals surface area contributed by atoms with Crippen LogP contribution in [0.1, 0.15) is 30.9 Å². The van der Waals surface area contributed by atoms with E-state index in [0.29, 0.717) is 37.4 Å². The minimum Gasteiger partial charge on any atom is -0.480 e. The minimum atomic E-state index is -4.04. The standard InChI is InChI=1S/C33H35FN2O10S/c1-22(44-31(39)24-14-16-43-17-15-24)45-32(40)35-29(30(37)38)19-23-6-5-9-28(18-23)47(41,42)36-20-33(21-36,25-7-3-2-4-8-25)46-27-12-10-26(34)11-13-27/h2-13,18,22,24,29H,14-17,19-21H2,1H3,(H,35,40)(H,37,38)/t22-,29-/m0/s1. The molecule has 14 heteroatoms. The summed E-state index contributed by atoms with van der Waals surface area (Å²) in [7, 11) is -4.04. The second kappa shape index (κ2) is 14.5. The number of esters is 1. The Bertz CT molecular complexity index is 1670. The molecular weight excluding hydrogens is 635 g/mol. The first-order valence-electron chi connectivity index (χ1n) is 15.0. The SMILES string of the molecule is C[C@H](OC(=O)N[C@@H](Cc1cccc(S(=O)(=O)N2CC(Oc3ccc(F)cc3)(c3ccccc3)C2)c1)C(=O)O)OC(=O)C1CCOCC1. The third kappa shape index (κ3) is 8.25. The zero-order chi connectivity index (χ0) is 33.6. The van der Waals surface area contributed by atoms with E-state index in [-0.39, 0.29) is 30.3 Å². The van der Waals surface area contributed by atoms with Crippen molar-refractivity contribution >= 4 is 28.1 Å². The van der Waals surface area contributed by atoms with Crippen LogP contribution in [-0.2, 0) is 45.8 Å². The number of hydrogen-bond acceptors (Lipinski definition) is 9. The van der Waals surface area contributed by atoms with Gasteiger partial charge in [-0.1, -0.05) is 42.5 Å². The van der Waals surface area contributed by atoms with Gasteiger partial charge in [0.1, 0.15) is 17.6 Å². The molecule has 2 atom stereocenters. The minimum absolute atomic E-state index is 0.0244. The molecule has 250 valence electrons. The smallest absolute Gasteiger partial charge is 0.410 e. The maximum atomic E-state index is 13.7. The number of carboxylic acid groups (broad SMARTS) is 1. The monoisotopic (exact) mass is 670 g/mol. The molecule has 0 saturated carbocycles. The highest BCUT2D eigenvalue weighted by Gasteiger charge is 2.52. The van der Waals surface area contributed by atoms with Gasteiger partial charge in [0.15, 0.2) is 5.60 Å². The summed E-state index contributed by atoms with van der Waals surface area (Å²) in [6.07, 6.45) is -1.66. The summed E-state index contributed by atoms with van der Waals surface area (Å²) in [6, 6.07) is 18.9. The van der Waals surface area contributed by atoms with Crippen LogP contribution in [0.25, 0.3) is 0 Å². The average Bonchev–Trinajstić information content (AvgIpc) is 3.04. The van der Waals surface area contributed by atoms with Crippen LogP contribution < -0.4 is 10.1 Å². The van der Waals surface area contributed by atoms with E-state index in [1.807, 2.05) is 30.3 Å². The van der Waals surface area contributed by atoms with Gasteiger partial charge in [-0.3, -0.25) is 4.79 Å². The second-order valence-corrected chi connectivity index (χ2v) is 13.3. The molecule has 2 heterocycles. The number of ether oxygens (including phenoxy) is 4. The number of halogens is 1. The number of nitrogens with zero attached hydrogens (tertiary/aromatic N) is 1. The van der Waals surface area contributed by atoms with Crippen LogP contribution in [0.15, 0.2) is 83.8 Å². The summed E-state index contributed by atoms with van der Waals surface area (Å²) in [5.41, 5.74) is 0.0632. The zero-order valence-corrected chi connectivity index (χ0v) is 26.4. The normalized spacial score (nSPS) is 17.8. The molecule has 0 radical (unpaired) electrons. The number of carboxylic acids is 1. The summed E-state index contributed by atoms with van der Waals surface area (Å²) in [4.78, 5) is 36.7. The van der Waals surface area contributed by atoms with Crippen molar-refractivity contribution in [1.29, 1.82) is 0 Å². The van der Waals surface area contributed by atoms with E-state index < -0.39 is 51.8 Å². The van der Waals surface area contributed by atoms with E-state index in [2.05, 4.69) is 5.32 Å². The van der Waals surface area contributed by atoms with Crippen molar-refractivity contribution in [3.63, 3.8) is 0 Å². The number of amides is 1. The molecule has 2 fully saturated rings. The van der Waals surface area contributed by atoms with E-state index >= 15 is 0 Å². The lowest BCUT2D eigenvalue weighted by molar-refractivity contribution is -0.173. The molecule has 0 unspecified atom stereocenters. The Kier molecular flexibility index (Phi) is 10.4. The van der Waals surface area contributed by atoms with Gasteiger partial charge in [-0.2, -0.15) is 4.31 Å². The number of carbonyl (C=O) groups excluding carboxylic acids is 2. The molecule has 2 aliphatic heterocycles. The number of benzene rings is 3. The van der Waals surface area contributed by atoms with Crippen LogP contribution in [0.3, 0.4) is 0 Å². The van der Waals surface area contributed by atoms with Gasteiger partial charge in [-0.25, -0.2) is 22.4 Å². The molecule has 0 aliphatic carbocycles. The van der Waals surface area contributed by atoms with Crippen molar-refractivity contribution in [2.75, 3.05) is 26.3 Å². The van der Waals surface area contributed by atoms with Crippen molar-refractivity contribution in [2.24, 2.45) is 5.92 Å². The first kappa shape index (κ1) is 33.8. The van der Waals surface area contributed by atoms with Crippen molar-refractivity contribution in [1.82, 2.24) is 9.62 Å². The van der Waals surface area contributed by atoms with Gasteiger partial charge in [-0.15, -0.1) is 0 Å². The Morgan fingerprint density at radius 1 is 1.00 bits per heavy atom. The molecule has 47 heavy (non-hydrogen) atoms. The van der Waals surface area contributed by atoms with Gasteiger partial charge in [0.2, 0.25) is 16.3 Å². The van der Waals surface area contributed by atoms with Gasteiger partial charge in [-0.05, 0) is 60.4 Å².